The summed E-state index contributed by atoms with van der Waals surface area (Å²) < 4.78 is 34.2. The summed E-state index contributed by atoms with van der Waals surface area (Å²) >= 11 is 0. The second-order valence-electron chi connectivity index (χ2n) is 7.11. The first-order valence-electron chi connectivity index (χ1n) is 8.75. The van der Waals surface area contributed by atoms with Crippen molar-refractivity contribution in [2.75, 3.05) is 38.8 Å². The number of nitrogens with zero attached hydrogens (tertiary/aromatic N) is 1. The largest absolute Gasteiger partial charge is 0.497 e. The van der Waals surface area contributed by atoms with Gasteiger partial charge in [0.25, 0.3) is 0 Å². The number of hydrogen-bond donors (Lipinski definition) is 1. The molecular weight excluding hydrogens is 342 g/mol. The van der Waals surface area contributed by atoms with Crippen molar-refractivity contribution in [2.45, 2.75) is 37.3 Å². The lowest BCUT2D eigenvalue weighted by molar-refractivity contribution is -0.00862. The van der Waals surface area contributed by atoms with Crippen molar-refractivity contribution in [3.63, 3.8) is 0 Å². The Morgan fingerprint density at radius 1 is 1.24 bits per heavy atom. The van der Waals surface area contributed by atoms with Crippen LogP contribution in [0.3, 0.4) is 0 Å². The first-order chi connectivity index (χ1) is 11.9. The average molecular weight is 369 g/mol. The molecule has 1 aromatic carbocycles. The van der Waals surface area contributed by atoms with E-state index < -0.39 is 15.4 Å². The topological polar surface area (TPSA) is 76.1 Å². The van der Waals surface area contributed by atoms with Crippen molar-refractivity contribution in [1.29, 1.82) is 0 Å². The van der Waals surface area contributed by atoms with Crippen molar-refractivity contribution >= 4 is 9.84 Å². The smallest absolute Gasteiger partial charge is 0.150 e. The van der Waals surface area contributed by atoms with Gasteiger partial charge in [0.2, 0.25) is 0 Å². The van der Waals surface area contributed by atoms with Gasteiger partial charge in [-0.15, -0.1) is 0 Å². The third-order valence-electron chi connectivity index (χ3n) is 5.41. The van der Waals surface area contributed by atoms with Gasteiger partial charge in [-0.2, -0.15) is 0 Å². The van der Waals surface area contributed by atoms with Crippen molar-refractivity contribution in [3.05, 3.63) is 23.8 Å². The zero-order chi connectivity index (χ0) is 18.1. The van der Waals surface area contributed by atoms with Crippen LogP contribution in [0.15, 0.2) is 18.2 Å². The number of β-amino-alcohol motifs (C(OH)–C–C–N with tert-alkyl or cyclic N) is 1. The summed E-state index contributed by atoms with van der Waals surface area (Å²) in [6.45, 7) is 1.38. The molecule has 0 saturated carbocycles. The molecule has 3 rings (SSSR count). The second-order valence-corrected chi connectivity index (χ2v) is 9.42. The van der Waals surface area contributed by atoms with Crippen LogP contribution in [-0.4, -0.2) is 62.8 Å². The molecule has 0 aliphatic carbocycles. The molecule has 2 saturated heterocycles. The molecule has 1 N–H and O–H groups in total. The van der Waals surface area contributed by atoms with E-state index in [9.17, 15) is 13.5 Å². The molecule has 2 fully saturated rings. The van der Waals surface area contributed by atoms with Crippen LogP contribution in [0.4, 0.5) is 0 Å². The quantitative estimate of drug-likeness (QED) is 0.853. The van der Waals surface area contributed by atoms with Gasteiger partial charge in [-0.25, -0.2) is 8.42 Å². The summed E-state index contributed by atoms with van der Waals surface area (Å²) in [5.74, 6) is 1.75. The van der Waals surface area contributed by atoms with E-state index >= 15 is 0 Å². The lowest BCUT2D eigenvalue weighted by Crippen LogP contribution is -2.48. The normalized spacial score (nSPS) is 25.6. The summed E-state index contributed by atoms with van der Waals surface area (Å²) in [6.07, 6.45) is 2.65. The molecule has 2 aliphatic heterocycles. The third kappa shape index (κ3) is 4.10. The first-order valence-corrected chi connectivity index (χ1v) is 10.6. The van der Waals surface area contributed by atoms with Gasteiger partial charge in [-0.1, -0.05) is 0 Å². The maximum absolute atomic E-state index is 11.7. The number of sulfone groups is 1. The molecule has 0 aromatic heterocycles. The van der Waals surface area contributed by atoms with Gasteiger partial charge in [-0.05, 0) is 50.4 Å². The van der Waals surface area contributed by atoms with E-state index in [4.69, 9.17) is 9.47 Å². The van der Waals surface area contributed by atoms with E-state index in [1.165, 1.54) is 0 Å². The van der Waals surface area contributed by atoms with Crippen molar-refractivity contribution in [1.82, 2.24) is 4.90 Å². The zero-order valence-corrected chi connectivity index (χ0v) is 15.7. The SMILES string of the molecule is COc1ccc(OC)c(C2CCCN2CC2(O)CCS(=O)(=O)CC2)c1. The number of likely N-dealkylation sites (tertiary alicyclic amines) is 1. The number of hydrogen-bond acceptors (Lipinski definition) is 6. The monoisotopic (exact) mass is 369 g/mol. The minimum atomic E-state index is -2.99. The van der Waals surface area contributed by atoms with Crippen LogP contribution < -0.4 is 9.47 Å². The van der Waals surface area contributed by atoms with Gasteiger partial charge in [0, 0.05) is 18.2 Å². The van der Waals surface area contributed by atoms with Crippen LogP contribution in [0.1, 0.15) is 37.3 Å². The summed E-state index contributed by atoms with van der Waals surface area (Å²) in [4.78, 5) is 2.26. The Morgan fingerprint density at radius 3 is 2.60 bits per heavy atom. The highest BCUT2D eigenvalue weighted by Crippen LogP contribution is 2.40. The van der Waals surface area contributed by atoms with Crippen LogP contribution >= 0.6 is 0 Å². The minimum Gasteiger partial charge on any atom is -0.497 e. The van der Waals surface area contributed by atoms with Gasteiger partial charge < -0.3 is 14.6 Å². The molecular formula is C18H27NO5S. The Balaban J connectivity index is 1.79. The number of benzene rings is 1. The molecule has 1 atom stereocenters. The lowest BCUT2D eigenvalue weighted by Gasteiger charge is -2.37. The van der Waals surface area contributed by atoms with E-state index in [0.717, 1.165) is 36.4 Å². The van der Waals surface area contributed by atoms with E-state index in [-0.39, 0.29) is 17.5 Å². The Bertz CT molecular complexity index is 704. The van der Waals surface area contributed by atoms with Gasteiger partial charge >= 0.3 is 0 Å². The highest BCUT2D eigenvalue weighted by molar-refractivity contribution is 7.91. The highest BCUT2D eigenvalue weighted by atomic mass is 32.2. The fourth-order valence-electron chi connectivity index (χ4n) is 3.92. The van der Waals surface area contributed by atoms with Gasteiger partial charge in [-0.3, -0.25) is 4.90 Å². The van der Waals surface area contributed by atoms with Crippen LogP contribution in [0.2, 0.25) is 0 Å². The molecule has 6 nitrogen and oxygen atoms in total. The molecule has 25 heavy (non-hydrogen) atoms. The second kappa shape index (κ2) is 7.13. The fourth-order valence-corrected chi connectivity index (χ4v) is 5.51. The zero-order valence-electron chi connectivity index (χ0n) is 14.9. The molecule has 2 aliphatic rings. The molecule has 0 spiro atoms. The van der Waals surface area contributed by atoms with Crippen LogP contribution in [-0.2, 0) is 9.84 Å². The van der Waals surface area contributed by atoms with E-state index in [1.54, 1.807) is 14.2 Å². The van der Waals surface area contributed by atoms with Crippen LogP contribution in [0.5, 0.6) is 11.5 Å². The van der Waals surface area contributed by atoms with Gasteiger partial charge in [0.1, 0.15) is 11.5 Å². The Hall–Kier alpha value is -1.31. The molecule has 0 radical (unpaired) electrons. The lowest BCUT2D eigenvalue weighted by atomic mass is 9.94. The Morgan fingerprint density at radius 2 is 1.96 bits per heavy atom. The number of ether oxygens (including phenoxy) is 2. The van der Waals surface area contributed by atoms with Gasteiger partial charge in [0.05, 0.1) is 31.3 Å². The summed E-state index contributed by atoms with van der Waals surface area (Å²) in [5.41, 5.74) is 0.131. The minimum absolute atomic E-state index is 0.0739. The fraction of sp³-hybridized carbons (Fsp3) is 0.667. The van der Waals surface area contributed by atoms with Crippen LogP contribution in [0, 0.1) is 0 Å². The third-order valence-corrected chi connectivity index (χ3v) is 7.07. The standard InChI is InChI=1S/C18H27NO5S/c1-23-14-5-6-17(24-2)15(12-14)16-4-3-9-19(16)13-18(20)7-10-25(21,22)11-8-18/h5-6,12,16,20H,3-4,7-11,13H2,1-2H3. The summed E-state index contributed by atoms with van der Waals surface area (Å²) in [7, 11) is 0.311. The van der Waals surface area contributed by atoms with Crippen molar-refractivity contribution < 1.29 is 23.0 Å². The maximum Gasteiger partial charge on any atom is 0.150 e. The molecule has 7 heteroatoms. The molecule has 2 heterocycles. The molecule has 140 valence electrons. The van der Waals surface area contributed by atoms with Crippen molar-refractivity contribution in [3.8, 4) is 11.5 Å². The van der Waals surface area contributed by atoms with E-state index in [0.29, 0.717) is 19.4 Å². The van der Waals surface area contributed by atoms with Crippen molar-refractivity contribution in [2.24, 2.45) is 0 Å². The summed E-state index contributed by atoms with van der Waals surface area (Å²) in [6, 6.07) is 5.93. The molecule has 0 bridgehead atoms. The highest BCUT2D eigenvalue weighted by Gasteiger charge is 2.40. The maximum atomic E-state index is 11.7. The molecule has 1 aromatic rings. The first kappa shape index (κ1) is 18.5. The van der Waals surface area contributed by atoms with E-state index in [2.05, 4.69) is 4.90 Å². The number of methoxy groups -OCH3 is 2. The number of aliphatic hydroxyl groups is 1. The average Bonchev–Trinajstić information content (AvgIpc) is 3.05. The van der Waals surface area contributed by atoms with E-state index in [1.807, 2.05) is 18.2 Å². The number of rotatable bonds is 5. The molecule has 1 unspecified atom stereocenters. The van der Waals surface area contributed by atoms with Crippen LogP contribution in [0.25, 0.3) is 0 Å². The Kier molecular flexibility index (Phi) is 5.27. The predicted octanol–water partition coefficient (Wildman–Crippen LogP) is 1.78. The molecule has 0 amide bonds. The Labute approximate surface area is 149 Å². The van der Waals surface area contributed by atoms with Gasteiger partial charge in [0.15, 0.2) is 9.84 Å². The predicted molar refractivity (Wildman–Crippen MR) is 95.9 cm³/mol. The summed E-state index contributed by atoms with van der Waals surface area (Å²) in [5, 5.41) is 10.9.